The van der Waals surface area contributed by atoms with E-state index in [1.807, 2.05) is 55.5 Å². The molecule has 0 aliphatic rings. The van der Waals surface area contributed by atoms with Gasteiger partial charge in [-0.05, 0) is 18.6 Å². The van der Waals surface area contributed by atoms with E-state index in [0.29, 0.717) is 17.1 Å². The summed E-state index contributed by atoms with van der Waals surface area (Å²) in [6.07, 6.45) is 0. The highest BCUT2D eigenvalue weighted by Gasteiger charge is 2.23. The average molecular weight is 387 g/mol. The molecule has 1 heterocycles. The Morgan fingerprint density at radius 1 is 1.19 bits per heavy atom. The zero-order valence-electron chi connectivity index (χ0n) is 14.5. The summed E-state index contributed by atoms with van der Waals surface area (Å²) in [4.78, 5) is 18.0. The fourth-order valence-corrected chi connectivity index (χ4v) is 3.90. The van der Waals surface area contributed by atoms with Crippen LogP contribution in [0.2, 0.25) is 5.02 Å². The van der Waals surface area contributed by atoms with E-state index in [1.54, 1.807) is 17.4 Å². The van der Waals surface area contributed by atoms with Gasteiger partial charge in [-0.25, -0.2) is 9.78 Å². The predicted octanol–water partition coefficient (Wildman–Crippen LogP) is 4.78. The summed E-state index contributed by atoms with van der Waals surface area (Å²) in [5.41, 5.74) is 2.73. The van der Waals surface area contributed by atoms with Gasteiger partial charge in [-0.15, -0.1) is 11.3 Å². The smallest absolute Gasteiger partial charge is 0.327 e. The van der Waals surface area contributed by atoms with Crippen LogP contribution in [0.5, 0.6) is 0 Å². The predicted molar refractivity (Wildman–Crippen MR) is 105 cm³/mol. The molecule has 26 heavy (non-hydrogen) atoms. The molecule has 1 aromatic heterocycles. The first-order valence-electron chi connectivity index (χ1n) is 8.17. The van der Waals surface area contributed by atoms with Crippen LogP contribution in [0.15, 0.2) is 54.6 Å². The third-order valence-electron chi connectivity index (χ3n) is 4.03. The second-order valence-corrected chi connectivity index (χ2v) is 7.24. The fourth-order valence-electron chi connectivity index (χ4n) is 2.64. The third-order valence-corrected chi connectivity index (χ3v) is 5.58. The zero-order chi connectivity index (χ0) is 18.5. The van der Waals surface area contributed by atoms with Gasteiger partial charge in [0.15, 0.2) is 0 Å². The van der Waals surface area contributed by atoms with Crippen molar-refractivity contribution in [3.05, 3.63) is 75.8 Å². The monoisotopic (exact) mass is 386 g/mol. The van der Waals surface area contributed by atoms with Crippen LogP contribution < -0.4 is 5.32 Å². The van der Waals surface area contributed by atoms with Crippen LogP contribution in [0.25, 0.3) is 10.6 Å². The number of nitrogens with one attached hydrogen (secondary N) is 1. The fraction of sp³-hybridized carbons (Fsp3) is 0.200. The van der Waals surface area contributed by atoms with Gasteiger partial charge in [0.2, 0.25) is 0 Å². The van der Waals surface area contributed by atoms with E-state index in [0.717, 1.165) is 21.1 Å². The molecule has 1 unspecified atom stereocenters. The molecule has 0 saturated carbocycles. The summed E-state index contributed by atoms with van der Waals surface area (Å²) in [7, 11) is 1.37. The first-order valence-corrected chi connectivity index (χ1v) is 9.37. The quantitative estimate of drug-likeness (QED) is 0.619. The van der Waals surface area contributed by atoms with Crippen molar-refractivity contribution in [1.82, 2.24) is 10.3 Å². The highest BCUT2D eigenvalue weighted by atomic mass is 35.5. The number of benzene rings is 2. The first kappa shape index (κ1) is 18.6. The number of carbonyl (C=O) groups is 1. The van der Waals surface area contributed by atoms with Crippen molar-refractivity contribution in [2.45, 2.75) is 19.5 Å². The van der Waals surface area contributed by atoms with Gasteiger partial charge in [-0.2, -0.15) is 0 Å². The normalized spacial score (nSPS) is 12.0. The molecule has 0 radical (unpaired) electrons. The highest BCUT2D eigenvalue weighted by molar-refractivity contribution is 7.15. The standard InChI is InChI=1S/C20H19ClN2O2S/c1-13-17(26-19(23-13)14-8-4-3-5-9-14)12-22-18(20(24)25-2)15-10-6-7-11-16(15)21/h3-11,18,22H,12H2,1-2H3. The minimum absolute atomic E-state index is 0.372. The minimum Gasteiger partial charge on any atom is -0.468 e. The molecular weight excluding hydrogens is 368 g/mol. The molecular formula is C20H19ClN2O2S. The second-order valence-electron chi connectivity index (χ2n) is 5.75. The number of nitrogens with zero attached hydrogens (tertiary/aromatic N) is 1. The van der Waals surface area contributed by atoms with Crippen LogP contribution in [-0.4, -0.2) is 18.1 Å². The lowest BCUT2D eigenvalue weighted by molar-refractivity contribution is -0.143. The lowest BCUT2D eigenvalue weighted by atomic mass is 10.1. The molecule has 0 fully saturated rings. The average Bonchev–Trinajstić information content (AvgIpc) is 3.04. The van der Waals surface area contributed by atoms with Gasteiger partial charge in [-0.1, -0.05) is 60.1 Å². The molecule has 2 aromatic carbocycles. The van der Waals surface area contributed by atoms with E-state index in [1.165, 1.54) is 7.11 Å². The van der Waals surface area contributed by atoms with Crippen molar-refractivity contribution >= 4 is 28.9 Å². The number of halogens is 1. The molecule has 4 nitrogen and oxygen atoms in total. The van der Waals surface area contributed by atoms with Gasteiger partial charge in [0.25, 0.3) is 0 Å². The lowest BCUT2D eigenvalue weighted by Gasteiger charge is -2.17. The molecule has 6 heteroatoms. The number of ether oxygens (including phenoxy) is 1. The summed E-state index contributed by atoms with van der Waals surface area (Å²) in [6.45, 7) is 2.48. The molecule has 134 valence electrons. The summed E-state index contributed by atoms with van der Waals surface area (Å²) in [5, 5.41) is 4.76. The number of aryl methyl sites for hydroxylation is 1. The Labute approximate surface area is 161 Å². The third kappa shape index (κ3) is 4.12. The minimum atomic E-state index is -0.629. The van der Waals surface area contributed by atoms with E-state index >= 15 is 0 Å². The van der Waals surface area contributed by atoms with Crippen LogP contribution in [0.1, 0.15) is 22.2 Å². The number of carbonyl (C=O) groups excluding carboxylic acids is 1. The van der Waals surface area contributed by atoms with Crippen molar-refractivity contribution in [2.24, 2.45) is 0 Å². The van der Waals surface area contributed by atoms with Crippen molar-refractivity contribution in [3.63, 3.8) is 0 Å². The molecule has 0 aliphatic carbocycles. The molecule has 3 aromatic rings. The van der Waals surface area contributed by atoms with E-state index in [9.17, 15) is 4.79 Å². The summed E-state index contributed by atoms with van der Waals surface area (Å²) in [5.74, 6) is -0.372. The van der Waals surface area contributed by atoms with Gasteiger partial charge < -0.3 is 4.74 Å². The van der Waals surface area contributed by atoms with Crippen LogP contribution >= 0.6 is 22.9 Å². The maximum atomic E-state index is 12.2. The molecule has 0 spiro atoms. The maximum absolute atomic E-state index is 12.2. The Hall–Kier alpha value is -2.21. The van der Waals surface area contributed by atoms with Crippen molar-refractivity contribution in [1.29, 1.82) is 0 Å². The van der Waals surface area contributed by atoms with Crippen molar-refractivity contribution < 1.29 is 9.53 Å². The maximum Gasteiger partial charge on any atom is 0.327 e. The molecule has 1 N–H and O–H groups in total. The Morgan fingerprint density at radius 2 is 1.88 bits per heavy atom. The second kappa shape index (κ2) is 8.45. The van der Waals surface area contributed by atoms with Crippen LogP contribution in [-0.2, 0) is 16.1 Å². The van der Waals surface area contributed by atoms with Gasteiger partial charge in [-0.3, -0.25) is 5.32 Å². The largest absolute Gasteiger partial charge is 0.468 e. The number of aromatic nitrogens is 1. The highest BCUT2D eigenvalue weighted by Crippen LogP contribution is 2.29. The van der Waals surface area contributed by atoms with Crippen LogP contribution in [0.3, 0.4) is 0 Å². The van der Waals surface area contributed by atoms with E-state index in [2.05, 4.69) is 10.3 Å². The molecule has 0 aliphatic heterocycles. The molecule has 1 atom stereocenters. The number of rotatable bonds is 6. The lowest BCUT2D eigenvalue weighted by Crippen LogP contribution is -2.29. The summed E-state index contributed by atoms with van der Waals surface area (Å²) >= 11 is 7.87. The Kier molecular flexibility index (Phi) is 6.04. The molecule has 3 rings (SSSR count). The molecule has 0 saturated heterocycles. The first-order chi connectivity index (χ1) is 12.6. The number of thiazole rings is 1. The zero-order valence-corrected chi connectivity index (χ0v) is 16.1. The number of hydrogen-bond acceptors (Lipinski definition) is 5. The van der Waals surface area contributed by atoms with Gasteiger partial charge >= 0.3 is 5.97 Å². The van der Waals surface area contributed by atoms with Crippen molar-refractivity contribution in [2.75, 3.05) is 7.11 Å². The number of methoxy groups -OCH3 is 1. The molecule has 0 amide bonds. The van der Waals surface area contributed by atoms with Gasteiger partial charge in [0.1, 0.15) is 11.0 Å². The van der Waals surface area contributed by atoms with E-state index in [4.69, 9.17) is 16.3 Å². The SMILES string of the molecule is COC(=O)C(NCc1sc(-c2ccccc2)nc1C)c1ccccc1Cl. The van der Waals surface area contributed by atoms with Gasteiger partial charge in [0, 0.05) is 22.0 Å². The summed E-state index contributed by atoms with van der Waals surface area (Å²) < 4.78 is 4.94. The number of esters is 1. The summed E-state index contributed by atoms with van der Waals surface area (Å²) in [6, 6.07) is 16.7. The van der Waals surface area contributed by atoms with Gasteiger partial charge in [0.05, 0.1) is 12.8 Å². The number of hydrogen-bond donors (Lipinski definition) is 1. The Balaban J connectivity index is 1.81. The van der Waals surface area contributed by atoms with Crippen molar-refractivity contribution in [3.8, 4) is 10.6 Å². The van der Waals surface area contributed by atoms with E-state index < -0.39 is 6.04 Å². The van der Waals surface area contributed by atoms with Crippen LogP contribution in [0.4, 0.5) is 0 Å². The van der Waals surface area contributed by atoms with E-state index in [-0.39, 0.29) is 5.97 Å². The van der Waals surface area contributed by atoms with Crippen LogP contribution in [0, 0.1) is 6.92 Å². The Bertz CT molecular complexity index is 896. The topological polar surface area (TPSA) is 51.2 Å². The Morgan fingerprint density at radius 3 is 2.58 bits per heavy atom. The molecule has 0 bridgehead atoms.